The van der Waals surface area contributed by atoms with Gasteiger partial charge in [-0.1, -0.05) is 115 Å². The van der Waals surface area contributed by atoms with Crippen molar-refractivity contribution < 1.29 is 0 Å². The van der Waals surface area contributed by atoms with Crippen molar-refractivity contribution in [2.45, 2.75) is 0 Å². The van der Waals surface area contributed by atoms with Gasteiger partial charge in [-0.3, -0.25) is 0 Å². The Morgan fingerprint density at radius 3 is 1.70 bits per heavy atom. The first kappa shape index (κ1) is 26.9. The zero-order chi connectivity index (χ0) is 30.5. The molecule has 0 unspecified atom stereocenters. The summed E-state index contributed by atoms with van der Waals surface area (Å²) in [6.07, 6.45) is 0. The van der Waals surface area contributed by atoms with Gasteiger partial charge in [-0.15, -0.1) is 22.7 Å². The van der Waals surface area contributed by atoms with Crippen LogP contribution in [0.3, 0.4) is 0 Å². The average Bonchev–Trinajstić information content (AvgIpc) is 3.74. The van der Waals surface area contributed by atoms with E-state index in [-0.39, 0.29) is 0 Å². The molecule has 0 radical (unpaired) electrons. The third-order valence-electron chi connectivity index (χ3n) is 8.34. The molecule has 9 aromatic rings. The summed E-state index contributed by atoms with van der Waals surface area (Å²) in [5.41, 5.74) is 9.85. The van der Waals surface area contributed by atoms with Crippen LogP contribution in [-0.2, 0) is 0 Å². The van der Waals surface area contributed by atoms with Crippen LogP contribution in [0.1, 0.15) is 0 Å². The number of para-hydroxylation sites is 1. The van der Waals surface area contributed by atoms with Gasteiger partial charge in [-0.25, -0.2) is 15.0 Å². The number of benzene rings is 6. The molecule has 3 nitrogen and oxygen atoms in total. The van der Waals surface area contributed by atoms with Crippen LogP contribution in [0.25, 0.3) is 86.0 Å². The van der Waals surface area contributed by atoms with Gasteiger partial charge in [0.25, 0.3) is 0 Å². The second kappa shape index (κ2) is 11.1. The van der Waals surface area contributed by atoms with Gasteiger partial charge in [0.1, 0.15) is 9.84 Å². The summed E-state index contributed by atoms with van der Waals surface area (Å²) >= 11 is 3.46. The Labute approximate surface area is 274 Å². The zero-order valence-electron chi connectivity index (χ0n) is 24.6. The molecule has 3 aromatic heterocycles. The third-order valence-corrected chi connectivity index (χ3v) is 10.5. The monoisotopic (exact) mass is 623 g/mol. The Hall–Kier alpha value is -5.49. The molecule has 5 heteroatoms. The molecule has 0 aliphatic rings. The van der Waals surface area contributed by atoms with Crippen molar-refractivity contribution in [1.82, 2.24) is 15.0 Å². The van der Waals surface area contributed by atoms with Gasteiger partial charge in [-0.2, -0.15) is 0 Å². The minimum atomic E-state index is 0.736. The van der Waals surface area contributed by atoms with Crippen LogP contribution in [0, 0.1) is 0 Å². The normalized spacial score (nSPS) is 11.5. The topological polar surface area (TPSA) is 38.7 Å². The van der Waals surface area contributed by atoms with Crippen molar-refractivity contribution >= 4 is 53.2 Å². The van der Waals surface area contributed by atoms with E-state index in [2.05, 4.69) is 140 Å². The van der Waals surface area contributed by atoms with E-state index in [0.29, 0.717) is 0 Å². The van der Waals surface area contributed by atoms with Gasteiger partial charge in [0.05, 0.1) is 15.9 Å². The van der Waals surface area contributed by atoms with E-state index in [9.17, 15) is 0 Å². The summed E-state index contributed by atoms with van der Waals surface area (Å²) in [7, 11) is 0. The van der Waals surface area contributed by atoms with E-state index >= 15 is 0 Å². The molecule has 0 bridgehead atoms. The number of nitrogens with zero attached hydrogens (tertiary/aromatic N) is 3. The number of aromatic nitrogens is 3. The number of hydrogen-bond acceptors (Lipinski definition) is 5. The molecule has 0 aliphatic carbocycles. The lowest BCUT2D eigenvalue weighted by Crippen LogP contribution is -1.94. The molecular weight excluding hydrogens is 599 g/mol. The van der Waals surface area contributed by atoms with E-state index in [1.807, 2.05) is 12.1 Å². The fraction of sp³-hybridized carbons (Fsp3) is 0. The number of thiazole rings is 1. The van der Waals surface area contributed by atoms with E-state index in [1.165, 1.54) is 25.9 Å². The van der Waals surface area contributed by atoms with Gasteiger partial charge in [0.2, 0.25) is 0 Å². The summed E-state index contributed by atoms with van der Waals surface area (Å²) in [5, 5.41) is 3.36. The average molecular weight is 624 g/mol. The molecule has 0 amide bonds. The Kier molecular flexibility index (Phi) is 6.51. The van der Waals surface area contributed by atoms with Crippen LogP contribution in [-0.4, -0.2) is 15.0 Å². The lowest BCUT2D eigenvalue weighted by Gasteiger charge is -2.10. The van der Waals surface area contributed by atoms with Crippen LogP contribution in [0.4, 0.5) is 0 Å². The standard InChI is InChI=1S/C41H25N3S2/c1-2-11-26(12-3-1)38-37-33-19-4-6-21-35(33)45-41(37)44-39(43-38)31-17-9-15-29(24-31)27-13-8-14-28(23-27)30-16-10-18-32(25-30)40-42-34-20-5-7-22-36(34)46-40/h1-25H. The maximum absolute atomic E-state index is 5.21. The van der Waals surface area contributed by atoms with Crippen molar-refractivity contribution in [3.63, 3.8) is 0 Å². The Balaban J connectivity index is 1.11. The first-order valence-corrected chi connectivity index (χ1v) is 16.8. The molecule has 3 heterocycles. The highest BCUT2D eigenvalue weighted by Gasteiger charge is 2.17. The first-order valence-electron chi connectivity index (χ1n) is 15.2. The Morgan fingerprint density at radius 1 is 0.391 bits per heavy atom. The SMILES string of the molecule is c1ccc(-c2nc(-c3cccc(-c4cccc(-c5cccc(-c6nc7ccccc7s6)c5)c4)c3)nc3sc4ccccc4c23)cc1. The van der Waals surface area contributed by atoms with Crippen molar-refractivity contribution in [1.29, 1.82) is 0 Å². The molecule has 216 valence electrons. The molecule has 0 aliphatic heterocycles. The van der Waals surface area contributed by atoms with E-state index in [1.54, 1.807) is 22.7 Å². The molecule has 0 saturated heterocycles. The molecule has 0 spiro atoms. The van der Waals surface area contributed by atoms with E-state index < -0.39 is 0 Å². The molecule has 0 N–H and O–H groups in total. The van der Waals surface area contributed by atoms with Gasteiger partial charge < -0.3 is 0 Å². The Bertz CT molecular complexity index is 2510. The minimum Gasteiger partial charge on any atom is -0.236 e. The van der Waals surface area contributed by atoms with Gasteiger partial charge in [-0.05, 0) is 58.7 Å². The summed E-state index contributed by atoms with van der Waals surface area (Å²) < 4.78 is 2.43. The summed E-state index contributed by atoms with van der Waals surface area (Å²) in [6.45, 7) is 0. The number of rotatable bonds is 5. The molecule has 0 fully saturated rings. The van der Waals surface area contributed by atoms with Gasteiger partial charge in [0.15, 0.2) is 5.82 Å². The predicted octanol–water partition coefficient (Wildman–Crippen LogP) is 11.8. The predicted molar refractivity (Wildman–Crippen MR) is 195 cm³/mol. The largest absolute Gasteiger partial charge is 0.236 e. The van der Waals surface area contributed by atoms with Gasteiger partial charge in [0, 0.05) is 32.2 Å². The minimum absolute atomic E-state index is 0.736. The summed E-state index contributed by atoms with van der Waals surface area (Å²) in [5.74, 6) is 0.736. The van der Waals surface area contributed by atoms with Crippen LogP contribution in [0.5, 0.6) is 0 Å². The number of hydrogen-bond donors (Lipinski definition) is 0. The summed E-state index contributed by atoms with van der Waals surface area (Å²) in [6, 6.07) is 53.3. The fourth-order valence-electron chi connectivity index (χ4n) is 6.10. The highest BCUT2D eigenvalue weighted by Crippen LogP contribution is 2.40. The highest BCUT2D eigenvalue weighted by atomic mass is 32.1. The van der Waals surface area contributed by atoms with Crippen LogP contribution in [0.15, 0.2) is 152 Å². The third kappa shape index (κ3) is 4.78. The van der Waals surface area contributed by atoms with Crippen LogP contribution < -0.4 is 0 Å². The molecule has 9 rings (SSSR count). The van der Waals surface area contributed by atoms with Crippen LogP contribution >= 0.6 is 22.7 Å². The van der Waals surface area contributed by atoms with Crippen LogP contribution in [0.2, 0.25) is 0 Å². The number of thiophene rings is 1. The lowest BCUT2D eigenvalue weighted by molar-refractivity contribution is 1.24. The molecule has 6 aromatic carbocycles. The second-order valence-electron chi connectivity index (χ2n) is 11.3. The quantitative estimate of drug-likeness (QED) is 0.191. The van der Waals surface area contributed by atoms with Gasteiger partial charge >= 0.3 is 0 Å². The summed E-state index contributed by atoms with van der Waals surface area (Å²) in [4.78, 5) is 16.2. The maximum Gasteiger partial charge on any atom is 0.161 e. The second-order valence-corrected chi connectivity index (χ2v) is 13.3. The molecular formula is C41H25N3S2. The van der Waals surface area contributed by atoms with Crippen molar-refractivity contribution in [3.8, 4) is 55.5 Å². The zero-order valence-corrected chi connectivity index (χ0v) is 26.2. The number of fused-ring (bicyclic) bond motifs is 4. The molecule has 46 heavy (non-hydrogen) atoms. The van der Waals surface area contributed by atoms with E-state index in [4.69, 9.17) is 15.0 Å². The fourth-order valence-corrected chi connectivity index (χ4v) is 8.14. The Morgan fingerprint density at radius 2 is 0.957 bits per heavy atom. The van der Waals surface area contributed by atoms with Crippen molar-refractivity contribution in [2.24, 2.45) is 0 Å². The van der Waals surface area contributed by atoms with Crippen molar-refractivity contribution in [3.05, 3.63) is 152 Å². The highest BCUT2D eigenvalue weighted by molar-refractivity contribution is 7.25. The van der Waals surface area contributed by atoms with E-state index in [0.717, 1.165) is 60.1 Å². The smallest absolute Gasteiger partial charge is 0.161 e. The first-order chi connectivity index (χ1) is 22.8. The maximum atomic E-state index is 5.21. The van der Waals surface area contributed by atoms with Crippen molar-refractivity contribution in [2.75, 3.05) is 0 Å². The molecule has 0 atom stereocenters. The molecule has 0 saturated carbocycles. The lowest BCUT2D eigenvalue weighted by atomic mass is 9.97.